The van der Waals surface area contributed by atoms with Crippen LogP contribution in [0.2, 0.25) is 0 Å². The molecule has 0 bridgehead atoms. The zero-order valence-corrected chi connectivity index (χ0v) is 13.0. The van der Waals surface area contributed by atoms with E-state index in [-0.39, 0.29) is 18.2 Å². The van der Waals surface area contributed by atoms with Gasteiger partial charge >= 0.3 is 0 Å². The molecule has 2 aromatic rings. The van der Waals surface area contributed by atoms with Crippen LogP contribution in [-0.4, -0.2) is 6.04 Å². The molecule has 0 aromatic heterocycles. The lowest BCUT2D eigenvalue weighted by Gasteiger charge is -2.16. The third-order valence-electron chi connectivity index (χ3n) is 4.31. The van der Waals surface area contributed by atoms with E-state index in [9.17, 15) is 8.78 Å². The summed E-state index contributed by atoms with van der Waals surface area (Å²) in [6.45, 7) is 0.582. The van der Waals surface area contributed by atoms with Crippen molar-refractivity contribution in [1.29, 1.82) is 0 Å². The van der Waals surface area contributed by atoms with Crippen molar-refractivity contribution in [2.45, 2.75) is 44.9 Å². The lowest BCUT2D eigenvalue weighted by molar-refractivity contribution is 0.280. The third kappa shape index (κ3) is 4.08. The Morgan fingerprint density at radius 2 is 1.61 bits per heavy atom. The minimum atomic E-state index is -0.410. The van der Waals surface area contributed by atoms with Crippen LogP contribution in [0.25, 0.3) is 0 Å². The predicted molar refractivity (Wildman–Crippen MR) is 86.2 cm³/mol. The molecule has 0 aliphatic heterocycles. The van der Waals surface area contributed by atoms with E-state index in [0.717, 1.165) is 5.56 Å². The van der Waals surface area contributed by atoms with Gasteiger partial charge in [-0.3, -0.25) is 0 Å². The zero-order chi connectivity index (χ0) is 16.1. The van der Waals surface area contributed by atoms with Crippen molar-refractivity contribution in [3.63, 3.8) is 0 Å². The van der Waals surface area contributed by atoms with Crippen molar-refractivity contribution < 1.29 is 13.5 Å². The summed E-state index contributed by atoms with van der Waals surface area (Å²) in [6, 6.07) is 11.8. The molecule has 0 saturated heterocycles. The Balaban J connectivity index is 1.68. The van der Waals surface area contributed by atoms with Crippen molar-refractivity contribution in [3.8, 4) is 5.75 Å². The molecule has 1 aliphatic rings. The summed E-state index contributed by atoms with van der Waals surface area (Å²) in [7, 11) is 0. The molecule has 0 heterocycles. The van der Waals surface area contributed by atoms with Gasteiger partial charge in [-0.1, -0.05) is 43.2 Å². The van der Waals surface area contributed by atoms with E-state index < -0.39 is 5.82 Å². The van der Waals surface area contributed by atoms with Crippen LogP contribution in [0, 0.1) is 11.6 Å². The van der Waals surface area contributed by atoms with Crippen LogP contribution in [0.4, 0.5) is 8.78 Å². The molecule has 4 heteroatoms. The fraction of sp³-hybridized carbons (Fsp3) is 0.368. The van der Waals surface area contributed by atoms with Gasteiger partial charge in [0.1, 0.15) is 12.4 Å². The van der Waals surface area contributed by atoms with Crippen LogP contribution < -0.4 is 10.1 Å². The van der Waals surface area contributed by atoms with Crippen LogP contribution >= 0.6 is 0 Å². The van der Waals surface area contributed by atoms with Crippen molar-refractivity contribution in [1.82, 2.24) is 5.32 Å². The van der Waals surface area contributed by atoms with Gasteiger partial charge in [-0.15, -0.1) is 0 Å². The van der Waals surface area contributed by atoms with Gasteiger partial charge in [-0.25, -0.2) is 8.78 Å². The predicted octanol–water partition coefficient (Wildman–Crippen LogP) is 4.58. The highest BCUT2D eigenvalue weighted by atomic mass is 19.1. The topological polar surface area (TPSA) is 21.3 Å². The quantitative estimate of drug-likeness (QED) is 0.842. The summed E-state index contributed by atoms with van der Waals surface area (Å²) in [5, 5.41) is 3.45. The number of hydrogen-bond acceptors (Lipinski definition) is 2. The molecule has 0 spiro atoms. The van der Waals surface area contributed by atoms with Crippen molar-refractivity contribution in [2.24, 2.45) is 0 Å². The van der Waals surface area contributed by atoms with E-state index in [1.165, 1.54) is 37.8 Å². The minimum Gasteiger partial charge on any atom is -0.485 e. The monoisotopic (exact) mass is 317 g/mol. The number of ether oxygens (including phenoxy) is 1. The molecule has 2 nitrogen and oxygen atoms in total. The number of para-hydroxylation sites is 1. The second-order valence-corrected chi connectivity index (χ2v) is 5.97. The average molecular weight is 317 g/mol. The Morgan fingerprint density at radius 1 is 0.913 bits per heavy atom. The van der Waals surface area contributed by atoms with Crippen molar-refractivity contribution in [3.05, 3.63) is 65.2 Å². The first kappa shape index (κ1) is 15.9. The molecular formula is C19H21F2NO. The zero-order valence-electron chi connectivity index (χ0n) is 13.0. The lowest BCUT2D eigenvalue weighted by atomic mass is 10.1. The number of nitrogens with one attached hydrogen (secondary N) is 1. The summed E-state index contributed by atoms with van der Waals surface area (Å²) >= 11 is 0. The molecule has 1 N–H and O–H groups in total. The summed E-state index contributed by atoms with van der Waals surface area (Å²) in [6.07, 6.45) is 4.83. The Bertz CT molecular complexity index is 654. The first-order chi connectivity index (χ1) is 11.2. The van der Waals surface area contributed by atoms with Gasteiger partial charge < -0.3 is 10.1 Å². The van der Waals surface area contributed by atoms with Gasteiger partial charge in [0.2, 0.25) is 0 Å². The first-order valence-electron chi connectivity index (χ1n) is 8.11. The van der Waals surface area contributed by atoms with Gasteiger partial charge in [-0.2, -0.15) is 0 Å². The average Bonchev–Trinajstić information content (AvgIpc) is 3.07. The van der Waals surface area contributed by atoms with E-state index in [1.54, 1.807) is 24.3 Å². The number of hydrogen-bond donors (Lipinski definition) is 1. The molecule has 1 aliphatic carbocycles. The van der Waals surface area contributed by atoms with Gasteiger partial charge in [0.05, 0.1) is 0 Å². The molecule has 23 heavy (non-hydrogen) atoms. The smallest absolute Gasteiger partial charge is 0.165 e. The standard InChI is InChI=1S/C19H21F2NO/c20-17-10-4-1-6-15(17)13-23-19-14(7-5-11-18(19)21)12-22-16-8-2-3-9-16/h1,4-7,10-11,16,22H,2-3,8-9,12-13H2. The third-order valence-corrected chi connectivity index (χ3v) is 4.31. The van der Waals surface area contributed by atoms with Gasteiger partial charge in [0, 0.05) is 23.7 Å². The molecule has 0 atom stereocenters. The molecule has 0 amide bonds. The highest BCUT2D eigenvalue weighted by Crippen LogP contribution is 2.25. The normalized spacial score (nSPS) is 15.0. The summed E-state index contributed by atoms with van der Waals surface area (Å²) < 4.78 is 33.4. The van der Waals surface area contributed by atoms with Crippen LogP contribution in [0.3, 0.4) is 0 Å². The number of rotatable bonds is 6. The fourth-order valence-electron chi connectivity index (χ4n) is 3.00. The molecule has 0 unspecified atom stereocenters. The Labute approximate surface area is 135 Å². The summed E-state index contributed by atoms with van der Waals surface area (Å²) in [4.78, 5) is 0. The van der Waals surface area contributed by atoms with Crippen molar-refractivity contribution in [2.75, 3.05) is 0 Å². The highest BCUT2D eigenvalue weighted by molar-refractivity contribution is 5.35. The second-order valence-electron chi connectivity index (χ2n) is 5.97. The lowest BCUT2D eigenvalue weighted by Crippen LogP contribution is -2.25. The molecular weight excluding hydrogens is 296 g/mol. The van der Waals surface area contributed by atoms with E-state index in [0.29, 0.717) is 18.2 Å². The number of benzene rings is 2. The van der Waals surface area contributed by atoms with E-state index >= 15 is 0 Å². The largest absolute Gasteiger partial charge is 0.485 e. The Hall–Kier alpha value is -1.94. The summed E-state index contributed by atoms with van der Waals surface area (Å²) in [5.41, 5.74) is 1.19. The van der Waals surface area contributed by atoms with E-state index in [4.69, 9.17) is 4.74 Å². The van der Waals surface area contributed by atoms with Crippen LogP contribution in [0.5, 0.6) is 5.75 Å². The molecule has 1 fully saturated rings. The van der Waals surface area contributed by atoms with Crippen LogP contribution in [0.15, 0.2) is 42.5 Å². The number of halogens is 2. The maximum Gasteiger partial charge on any atom is 0.165 e. The van der Waals surface area contributed by atoms with E-state index in [1.807, 2.05) is 6.07 Å². The minimum absolute atomic E-state index is 0.0179. The molecule has 2 aromatic carbocycles. The van der Waals surface area contributed by atoms with Gasteiger partial charge in [0.15, 0.2) is 11.6 Å². The second kappa shape index (κ2) is 7.55. The SMILES string of the molecule is Fc1ccccc1COc1c(F)cccc1CNC1CCCC1. The first-order valence-corrected chi connectivity index (χ1v) is 8.11. The molecule has 122 valence electrons. The van der Waals surface area contributed by atoms with E-state index in [2.05, 4.69) is 5.32 Å². The van der Waals surface area contributed by atoms with Crippen molar-refractivity contribution >= 4 is 0 Å². The molecule has 3 rings (SSSR count). The maximum atomic E-state index is 14.1. The van der Waals surface area contributed by atoms with Gasteiger partial charge in [-0.05, 0) is 25.0 Å². The van der Waals surface area contributed by atoms with Gasteiger partial charge in [0.25, 0.3) is 0 Å². The molecule has 1 saturated carbocycles. The van der Waals surface area contributed by atoms with Crippen LogP contribution in [0.1, 0.15) is 36.8 Å². The molecule has 0 radical (unpaired) electrons. The van der Waals surface area contributed by atoms with Crippen LogP contribution in [-0.2, 0) is 13.2 Å². The Kier molecular flexibility index (Phi) is 5.23. The summed E-state index contributed by atoms with van der Waals surface area (Å²) in [5.74, 6) is -0.539. The Morgan fingerprint density at radius 3 is 2.39 bits per heavy atom. The highest BCUT2D eigenvalue weighted by Gasteiger charge is 2.16. The fourth-order valence-corrected chi connectivity index (χ4v) is 3.00. The maximum absolute atomic E-state index is 14.1.